The Hall–Kier alpha value is -2.81. The summed E-state index contributed by atoms with van der Waals surface area (Å²) in [5.41, 5.74) is 3.96. The zero-order valence-electron chi connectivity index (χ0n) is 33.5. The summed E-state index contributed by atoms with van der Waals surface area (Å²) >= 11 is 0. The molecule has 0 amide bonds. The van der Waals surface area contributed by atoms with E-state index in [1.165, 1.54) is 27.1 Å². The lowest BCUT2D eigenvalue weighted by molar-refractivity contribution is 0.0454. The average molecular weight is 725 g/mol. The van der Waals surface area contributed by atoms with E-state index in [1.807, 2.05) is 6.08 Å². The van der Waals surface area contributed by atoms with Crippen LogP contribution in [-0.2, 0) is 15.3 Å². The van der Waals surface area contributed by atoms with Crippen molar-refractivity contribution in [2.24, 2.45) is 0 Å². The number of benzene rings is 3. The van der Waals surface area contributed by atoms with E-state index >= 15 is 0 Å². The third-order valence-electron chi connectivity index (χ3n) is 10.7. The van der Waals surface area contributed by atoms with Crippen LogP contribution < -0.4 is 10.4 Å². The van der Waals surface area contributed by atoms with E-state index in [0.717, 1.165) is 32.1 Å². The van der Waals surface area contributed by atoms with Gasteiger partial charge in [-0.05, 0) is 97.9 Å². The van der Waals surface area contributed by atoms with Crippen molar-refractivity contribution < 1.29 is 14.0 Å². The summed E-state index contributed by atoms with van der Waals surface area (Å²) in [4.78, 5) is 0. The van der Waals surface area contributed by atoms with Crippen molar-refractivity contribution in [2.75, 3.05) is 0 Å². The van der Waals surface area contributed by atoms with Gasteiger partial charge in [0.2, 0.25) is 0 Å². The zero-order chi connectivity index (χ0) is 37.7. The molecule has 0 radical (unpaired) electrons. The Morgan fingerprint density at radius 2 is 1.22 bits per heavy atom. The van der Waals surface area contributed by atoms with Crippen LogP contribution in [0.3, 0.4) is 0 Å². The van der Waals surface area contributed by atoms with Gasteiger partial charge >= 0.3 is 0 Å². The highest BCUT2D eigenvalue weighted by Gasteiger charge is 2.51. The van der Waals surface area contributed by atoms with E-state index in [0.29, 0.717) is 12.8 Å². The van der Waals surface area contributed by atoms with Gasteiger partial charge in [0.25, 0.3) is 8.32 Å². The van der Waals surface area contributed by atoms with Crippen LogP contribution in [0.25, 0.3) is 0 Å². The average Bonchev–Trinajstić information content (AvgIpc) is 3.07. The molecule has 278 valence electrons. The van der Waals surface area contributed by atoms with E-state index in [9.17, 15) is 5.11 Å². The Morgan fingerprint density at radius 3 is 1.71 bits per heavy atom. The first-order valence-electron chi connectivity index (χ1n) is 19.1. The summed E-state index contributed by atoms with van der Waals surface area (Å²) in [7, 11) is -4.92. The van der Waals surface area contributed by atoms with Gasteiger partial charge in [-0.25, -0.2) is 0 Å². The molecule has 3 atom stereocenters. The van der Waals surface area contributed by atoms with Gasteiger partial charge in [0.1, 0.15) is 0 Å². The second kappa shape index (κ2) is 19.3. The van der Waals surface area contributed by atoms with Gasteiger partial charge in [-0.3, -0.25) is 0 Å². The second-order valence-electron chi connectivity index (χ2n) is 17.1. The van der Waals surface area contributed by atoms with Crippen LogP contribution in [0.2, 0.25) is 23.2 Å². The van der Waals surface area contributed by atoms with Gasteiger partial charge in [0.15, 0.2) is 8.32 Å². The van der Waals surface area contributed by atoms with E-state index in [1.54, 1.807) is 0 Å². The standard InChI is InChI=1S/C46H68O3Si2/c1-12-13-23-38(3)34-42(49-51(46(7,8)9,43-26-19-15-20-27-43)44-28-21-16-22-29-44)36-40(47)35-41(48-50(10,11)45(4,5)6)33-31-37(2)30-32-39-24-17-14-18-25-39/h12,14-30,40-42,47H,1,13,31-36H2,2-11H3/b37-30+,38-23+/t40-,41+,42+/m0/s1. The summed E-state index contributed by atoms with van der Waals surface area (Å²) in [5, 5.41) is 14.5. The predicted octanol–water partition coefficient (Wildman–Crippen LogP) is 11.3. The molecule has 0 aliphatic carbocycles. The number of aliphatic hydroxyl groups excluding tert-OH is 1. The van der Waals surface area contributed by atoms with Crippen LogP contribution in [0.4, 0.5) is 0 Å². The first-order valence-corrected chi connectivity index (χ1v) is 23.9. The van der Waals surface area contributed by atoms with Crippen molar-refractivity contribution in [2.45, 2.75) is 142 Å². The molecule has 3 rings (SSSR count). The second-order valence-corrected chi connectivity index (χ2v) is 26.1. The van der Waals surface area contributed by atoms with Gasteiger partial charge < -0.3 is 14.0 Å². The molecule has 3 aromatic rings. The van der Waals surface area contributed by atoms with Crippen LogP contribution in [-0.4, -0.2) is 40.1 Å². The molecule has 3 aromatic carbocycles. The number of allylic oxidation sites excluding steroid dienone is 4. The molecular formula is C46H68O3Si2. The van der Waals surface area contributed by atoms with Crippen molar-refractivity contribution in [1.29, 1.82) is 0 Å². The van der Waals surface area contributed by atoms with Crippen LogP contribution in [0.5, 0.6) is 0 Å². The molecule has 0 heterocycles. The molecular weight excluding hydrogens is 657 g/mol. The van der Waals surface area contributed by atoms with E-state index < -0.39 is 22.7 Å². The highest BCUT2D eigenvalue weighted by Crippen LogP contribution is 2.40. The lowest BCUT2D eigenvalue weighted by Gasteiger charge is -2.45. The minimum absolute atomic E-state index is 0.0353. The van der Waals surface area contributed by atoms with E-state index in [4.69, 9.17) is 8.85 Å². The Balaban J connectivity index is 1.96. The molecule has 0 spiro atoms. The number of hydrogen-bond acceptors (Lipinski definition) is 3. The predicted molar refractivity (Wildman–Crippen MR) is 226 cm³/mol. The fourth-order valence-electron chi connectivity index (χ4n) is 6.76. The summed E-state index contributed by atoms with van der Waals surface area (Å²) < 4.78 is 14.8. The quantitative estimate of drug-likeness (QED) is 0.0988. The van der Waals surface area contributed by atoms with Crippen LogP contribution >= 0.6 is 0 Å². The molecule has 0 aliphatic heterocycles. The maximum absolute atomic E-state index is 12.1. The highest BCUT2D eigenvalue weighted by atomic mass is 28.4. The fraction of sp³-hybridized carbons (Fsp3) is 0.478. The number of rotatable bonds is 19. The summed E-state index contributed by atoms with van der Waals surface area (Å²) in [6.45, 7) is 26.9. The smallest absolute Gasteiger partial charge is 0.261 e. The van der Waals surface area contributed by atoms with Crippen LogP contribution in [0.1, 0.15) is 99.5 Å². The molecule has 0 fully saturated rings. The monoisotopic (exact) mass is 724 g/mol. The Morgan fingerprint density at radius 1 is 0.706 bits per heavy atom. The fourth-order valence-corrected chi connectivity index (χ4v) is 12.9. The number of aliphatic hydroxyl groups is 1. The molecule has 3 nitrogen and oxygen atoms in total. The highest BCUT2D eigenvalue weighted by molar-refractivity contribution is 6.99. The van der Waals surface area contributed by atoms with Crippen molar-refractivity contribution in [1.82, 2.24) is 0 Å². The van der Waals surface area contributed by atoms with Gasteiger partial charge in [-0.1, -0.05) is 162 Å². The Labute approximate surface area is 314 Å². The molecule has 0 aromatic heterocycles. The third kappa shape index (κ3) is 12.7. The minimum atomic E-state index is -2.84. The molecule has 0 aliphatic rings. The molecule has 51 heavy (non-hydrogen) atoms. The van der Waals surface area contributed by atoms with Gasteiger partial charge in [0, 0.05) is 6.10 Å². The maximum atomic E-state index is 12.1. The number of hydrogen-bond donors (Lipinski definition) is 1. The van der Waals surface area contributed by atoms with Crippen LogP contribution in [0, 0.1) is 0 Å². The SMILES string of the molecule is C=CC/C=C(\C)C[C@H](C[C@@H](O)C[C@@H](CC/C(C)=C/Cc1ccccc1)O[Si](C)(C)C(C)(C)C)O[Si](c1ccccc1)(c1ccccc1)C(C)(C)C. The minimum Gasteiger partial charge on any atom is -0.414 e. The van der Waals surface area contributed by atoms with Gasteiger partial charge in [0.05, 0.1) is 12.2 Å². The molecule has 0 saturated heterocycles. The van der Waals surface area contributed by atoms with E-state index in [-0.39, 0.29) is 22.3 Å². The van der Waals surface area contributed by atoms with Gasteiger partial charge in [-0.2, -0.15) is 0 Å². The van der Waals surface area contributed by atoms with Crippen molar-refractivity contribution in [3.05, 3.63) is 133 Å². The van der Waals surface area contributed by atoms with Crippen molar-refractivity contribution in [3.63, 3.8) is 0 Å². The lowest BCUT2D eigenvalue weighted by atomic mass is 9.97. The van der Waals surface area contributed by atoms with Crippen molar-refractivity contribution >= 4 is 27.0 Å². The molecule has 0 unspecified atom stereocenters. The van der Waals surface area contributed by atoms with E-state index in [2.05, 4.69) is 178 Å². The zero-order valence-corrected chi connectivity index (χ0v) is 35.5. The topological polar surface area (TPSA) is 38.7 Å². The molecule has 0 saturated carbocycles. The Kier molecular flexibility index (Phi) is 16.1. The van der Waals surface area contributed by atoms with Crippen molar-refractivity contribution in [3.8, 4) is 0 Å². The first-order chi connectivity index (χ1) is 24.0. The molecule has 5 heteroatoms. The van der Waals surface area contributed by atoms with Gasteiger partial charge in [-0.15, -0.1) is 6.58 Å². The molecule has 1 N–H and O–H groups in total. The largest absolute Gasteiger partial charge is 0.414 e. The summed E-state index contributed by atoms with van der Waals surface area (Å²) in [6, 6.07) is 32.3. The third-order valence-corrected chi connectivity index (χ3v) is 20.3. The summed E-state index contributed by atoms with van der Waals surface area (Å²) in [6.07, 6.45) is 11.2. The first kappa shape index (κ1) is 42.6. The maximum Gasteiger partial charge on any atom is 0.261 e. The summed E-state index contributed by atoms with van der Waals surface area (Å²) in [5.74, 6) is 0. The Bertz CT molecular complexity index is 1480. The lowest BCUT2D eigenvalue weighted by Crippen LogP contribution is -2.67. The normalized spacial score (nSPS) is 15.4. The molecule has 0 bridgehead atoms. The van der Waals surface area contributed by atoms with Crippen LogP contribution in [0.15, 0.2) is 127 Å².